The summed E-state index contributed by atoms with van der Waals surface area (Å²) in [6, 6.07) is 4.92. The van der Waals surface area contributed by atoms with E-state index in [2.05, 4.69) is 21.2 Å². The summed E-state index contributed by atoms with van der Waals surface area (Å²) in [6.07, 6.45) is 1.37. The zero-order valence-electron chi connectivity index (χ0n) is 11.1. The lowest BCUT2D eigenvalue weighted by Crippen LogP contribution is -2.40. The zero-order valence-corrected chi connectivity index (χ0v) is 12.7. The molecule has 1 atom stereocenters. The molecule has 1 aromatic carbocycles. The summed E-state index contributed by atoms with van der Waals surface area (Å²) in [5.41, 5.74) is -0.0899. The van der Waals surface area contributed by atoms with Crippen LogP contribution in [-0.2, 0) is 0 Å². The van der Waals surface area contributed by atoms with E-state index in [4.69, 9.17) is 0 Å². The van der Waals surface area contributed by atoms with Crippen LogP contribution in [-0.4, -0.2) is 17.3 Å². The SMILES string of the molecule is CCC(O)(CC)CNC(C)c1ccc(Br)cc1F. The predicted molar refractivity (Wildman–Crippen MR) is 76.0 cm³/mol. The molecule has 1 aromatic rings. The van der Waals surface area contributed by atoms with E-state index < -0.39 is 5.60 Å². The van der Waals surface area contributed by atoms with Crippen LogP contribution in [0.1, 0.15) is 45.2 Å². The number of hydrogen-bond acceptors (Lipinski definition) is 2. The maximum absolute atomic E-state index is 13.8. The van der Waals surface area contributed by atoms with Gasteiger partial charge in [0.1, 0.15) is 5.82 Å². The van der Waals surface area contributed by atoms with Crippen molar-refractivity contribution in [3.8, 4) is 0 Å². The molecule has 0 saturated carbocycles. The van der Waals surface area contributed by atoms with Gasteiger partial charge >= 0.3 is 0 Å². The maximum Gasteiger partial charge on any atom is 0.129 e. The van der Waals surface area contributed by atoms with Crippen molar-refractivity contribution in [2.75, 3.05) is 6.54 Å². The van der Waals surface area contributed by atoms with Crippen molar-refractivity contribution in [3.63, 3.8) is 0 Å². The van der Waals surface area contributed by atoms with Crippen LogP contribution < -0.4 is 5.32 Å². The number of benzene rings is 1. The number of aliphatic hydroxyl groups is 1. The van der Waals surface area contributed by atoms with Crippen LogP contribution in [0.15, 0.2) is 22.7 Å². The van der Waals surface area contributed by atoms with Gasteiger partial charge in [0.05, 0.1) is 5.60 Å². The Hall–Kier alpha value is -0.450. The molecule has 0 fully saturated rings. The van der Waals surface area contributed by atoms with Gasteiger partial charge in [-0.25, -0.2) is 4.39 Å². The van der Waals surface area contributed by atoms with Gasteiger partial charge in [0.15, 0.2) is 0 Å². The Bertz CT molecular complexity index is 393. The third kappa shape index (κ3) is 4.04. The fourth-order valence-electron chi connectivity index (χ4n) is 1.81. The van der Waals surface area contributed by atoms with Crippen molar-refractivity contribution < 1.29 is 9.50 Å². The van der Waals surface area contributed by atoms with Crippen LogP contribution in [0, 0.1) is 5.82 Å². The van der Waals surface area contributed by atoms with Gasteiger partial charge in [-0.3, -0.25) is 0 Å². The number of rotatable bonds is 6. The molecule has 0 bridgehead atoms. The van der Waals surface area contributed by atoms with Crippen molar-refractivity contribution >= 4 is 15.9 Å². The first-order valence-corrected chi connectivity index (χ1v) is 7.12. The first-order chi connectivity index (χ1) is 8.41. The van der Waals surface area contributed by atoms with Gasteiger partial charge in [-0.2, -0.15) is 0 Å². The minimum Gasteiger partial charge on any atom is -0.389 e. The molecule has 2 nitrogen and oxygen atoms in total. The Morgan fingerprint density at radius 3 is 2.50 bits per heavy atom. The average molecular weight is 318 g/mol. The molecule has 0 aliphatic carbocycles. The van der Waals surface area contributed by atoms with Crippen molar-refractivity contribution in [2.24, 2.45) is 0 Å². The monoisotopic (exact) mass is 317 g/mol. The molecule has 4 heteroatoms. The molecule has 0 aliphatic heterocycles. The molecule has 2 N–H and O–H groups in total. The zero-order chi connectivity index (χ0) is 13.8. The third-order valence-corrected chi connectivity index (χ3v) is 3.98. The molecule has 102 valence electrons. The minimum atomic E-state index is -0.708. The molecule has 0 amide bonds. The summed E-state index contributed by atoms with van der Waals surface area (Å²) in [5, 5.41) is 13.4. The van der Waals surface area contributed by atoms with Crippen molar-refractivity contribution in [1.82, 2.24) is 5.32 Å². The van der Waals surface area contributed by atoms with E-state index in [0.717, 1.165) is 4.47 Å². The molecule has 0 aliphatic rings. The van der Waals surface area contributed by atoms with Gasteiger partial charge < -0.3 is 10.4 Å². The minimum absolute atomic E-state index is 0.122. The molecule has 0 heterocycles. The number of halogens is 2. The second kappa shape index (κ2) is 6.64. The van der Waals surface area contributed by atoms with E-state index in [1.807, 2.05) is 26.8 Å². The standard InChI is InChI=1S/C14H21BrFNO/c1-4-14(18,5-2)9-17-10(3)12-7-6-11(15)8-13(12)16/h6-8,10,17-18H,4-5,9H2,1-3H3. The Labute approximate surface area is 117 Å². The summed E-state index contributed by atoms with van der Waals surface area (Å²) < 4.78 is 14.5. The summed E-state index contributed by atoms with van der Waals surface area (Å²) in [5.74, 6) is -0.235. The molecular formula is C14H21BrFNO. The first kappa shape index (κ1) is 15.6. The Balaban J connectivity index is 2.68. The second-order valence-electron chi connectivity index (χ2n) is 4.70. The van der Waals surface area contributed by atoms with Crippen LogP contribution in [0.25, 0.3) is 0 Å². The van der Waals surface area contributed by atoms with Gasteiger partial charge in [0.2, 0.25) is 0 Å². The van der Waals surface area contributed by atoms with E-state index in [1.54, 1.807) is 6.07 Å². The van der Waals surface area contributed by atoms with Crippen LogP contribution >= 0.6 is 15.9 Å². The fraction of sp³-hybridized carbons (Fsp3) is 0.571. The quantitative estimate of drug-likeness (QED) is 0.836. The predicted octanol–water partition coefficient (Wildman–Crippen LogP) is 3.79. The largest absolute Gasteiger partial charge is 0.389 e. The average Bonchev–Trinajstić information content (AvgIpc) is 2.35. The first-order valence-electron chi connectivity index (χ1n) is 6.32. The van der Waals surface area contributed by atoms with Gasteiger partial charge in [0.25, 0.3) is 0 Å². The highest BCUT2D eigenvalue weighted by atomic mass is 79.9. The van der Waals surface area contributed by atoms with Crippen LogP contribution in [0.4, 0.5) is 4.39 Å². The van der Waals surface area contributed by atoms with Crippen LogP contribution in [0.2, 0.25) is 0 Å². The van der Waals surface area contributed by atoms with Gasteiger partial charge in [0, 0.05) is 22.6 Å². The topological polar surface area (TPSA) is 32.3 Å². The molecule has 18 heavy (non-hydrogen) atoms. The van der Waals surface area contributed by atoms with Gasteiger partial charge in [-0.15, -0.1) is 0 Å². The summed E-state index contributed by atoms with van der Waals surface area (Å²) in [4.78, 5) is 0. The lowest BCUT2D eigenvalue weighted by molar-refractivity contribution is 0.0302. The maximum atomic E-state index is 13.8. The molecular weight excluding hydrogens is 297 g/mol. The fourth-order valence-corrected chi connectivity index (χ4v) is 2.14. The van der Waals surface area contributed by atoms with E-state index in [0.29, 0.717) is 24.9 Å². The third-order valence-electron chi connectivity index (χ3n) is 3.48. The number of hydrogen-bond donors (Lipinski definition) is 2. The Morgan fingerprint density at radius 1 is 1.39 bits per heavy atom. The normalized spacial score (nSPS) is 13.7. The molecule has 0 saturated heterocycles. The summed E-state index contributed by atoms with van der Waals surface area (Å²) in [7, 11) is 0. The smallest absolute Gasteiger partial charge is 0.129 e. The van der Waals surface area contributed by atoms with Crippen molar-refractivity contribution in [2.45, 2.75) is 45.3 Å². The molecule has 0 spiro atoms. The van der Waals surface area contributed by atoms with Crippen LogP contribution in [0.5, 0.6) is 0 Å². The van der Waals surface area contributed by atoms with Crippen molar-refractivity contribution in [3.05, 3.63) is 34.1 Å². The molecule has 1 unspecified atom stereocenters. The van der Waals surface area contributed by atoms with E-state index >= 15 is 0 Å². The van der Waals surface area contributed by atoms with E-state index in [1.165, 1.54) is 6.07 Å². The van der Waals surface area contributed by atoms with E-state index in [-0.39, 0.29) is 11.9 Å². The molecule has 0 aromatic heterocycles. The summed E-state index contributed by atoms with van der Waals surface area (Å²) >= 11 is 3.24. The highest BCUT2D eigenvalue weighted by Gasteiger charge is 2.23. The summed E-state index contributed by atoms with van der Waals surface area (Å²) in [6.45, 7) is 6.28. The molecule has 0 radical (unpaired) electrons. The lowest BCUT2D eigenvalue weighted by Gasteiger charge is -2.27. The lowest BCUT2D eigenvalue weighted by atomic mass is 9.96. The highest BCUT2D eigenvalue weighted by Crippen LogP contribution is 2.22. The Kier molecular flexibility index (Phi) is 5.76. The van der Waals surface area contributed by atoms with Gasteiger partial charge in [-0.05, 0) is 31.9 Å². The van der Waals surface area contributed by atoms with Crippen molar-refractivity contribution in [1.29, 1.82) is 0 Å². The number of nitrogens with one attached hydrogen (secondary N) is 1. The second-order valence-corrected chi connectivity index (χ2v) is 5.62. The Morgan fingerprint density at radius 2 is 2.00 bits per heavy atom. The molecule has 1 rings (SSSR count). The van der Waals surface area contributed by atoms with Crippen LogP contribution in [0.3, 0.4) is 0 Å². The van der Waals surface area contributed by atoms with E-state index in [9.17, 15) is 9.50 Å². The van der Waals surface area contributed by atoms with Gasteiger partial charge in [-0.1, -0.05) is 35.8 Å². The highest BCUT2D eigenvalue weighted by molar-refractivity contribution is 9.10.